The second-order valence-electron chi connectivity index (χ2n) is 5.13. The highest BCUT2D eigenvalue weighted by atomic mass is 32.2. The minimum absolute atomic E-state index is 0.279. The number of thioether (sulfide) groups is 1. The van der Waals surface area contributed by atoms with Crippen LogP contribution >= 0.6 is 11.8 Å². The molecule has 5 heteroatoms. The van der Waals surface area contributed by atoms with Crippen molar-refractivity contribution >= 4 is 34.7 Å². The van der Waals surface area contributed by atoms with Crippen molar-refractivity contribution in [2.75, 3.05) is 12.0 Å². The molecule has 2 amide bonds. The highest BCUT2D eigenvalue weighted by Crippen LogP contribution is 2.35. The molecule has 0 aromatic heterocycles. The van der Waals surface area contributed by atoms with E-state index in [1.165, 1.54) is 4.90 Å². The first kappa shape index (κ1) is 15.4. The van der Waals surface area contributed by atoms with Gasteiger partial charge in [-0.3, -0.25) is 9.59 Å². The van der Waals surface area contributed by atoms with E-state index in [0.29, 0.717) is 10.6 Å². The highest BCUT2D eigenvalue weighted by molar-refractivity contribution is 8.19. The van der Waals surface area contributed by atoms with Crippen molar-refractivity contribution in [3.63, 3.8) is 0 Å². The van der Waals surface area contributed by atoms with Gasteiger partial charge in [0.05, 0.1) is 17.7 Å². The van der Waals surface area contributed by atoms with Crippen LogP contribution in [0.4, 0.5) is 10.5 Å². The van der Waals surface area contributed by atoms with Crippen molar-refractivity contribution in [3.05, 3.63) is 64.6 Å². The molecule has 1 saturated heterocycles. The van der Waals surface area contributed by atoms with Gasteiger partial charge in [-0.2, -0.15) is 0 Å². The standard InChI is InChI=1S/C18H15NO3S/c1-12-3-7-14(8-4-12)19-17(20)16(23-18(19)21)11-13-5-9-15(22-2)10-6-13/h3-11H,1-2H3. The van der Waals surface area contributed by atoms with Crippen LogP contribution in [0.5, 0.6) is 5.75 Å². The molecule has 1 aliphatic heterocycles. The molecule has 0 atom stereocenters. The van der Waals surface area contributed by atoms with Crippen molar-refractivity contribution in [1.82, 2.24) is 0 Å². The maximum absolute atomic E-state index is 12.5. The van der Waals surface area contributed by atoms with E-state index in [4.69, 9.17) is 4.74 Å². The van der Waals surface area contributed by atoms with Crippen molar-refractivity contribution in [2.24, 2.45) is 0 Å². The number of hydrogen-bond acceptors (Lipinski definition) is 4. The van der Waals surface area contributed by atoms with E-state index in [0.717, 1.165) is 28.6 Å². The zero-order valence-corrected chi connectivity index (χ0v) is 13.6. The number of carbonyl (C=O) groups is 2. The van der Waals surface area contributed by atoms with Gasteiger partial charge in [-0.25, -0.2) is 4.90 Å². The summed E-state index contributed by atoms with van der Waals surface area (Å²) >= 11 is 0.953. The van der Waals surface area contributed by atoms with E-state index in [9.17, 15) is 9.59 Å². The van der Waals surface area contributed by atoms with Gasteiger partial charge in [0.15, 0.2) is 0 Å². The van der Waals surface area contributed by atoms with Crippen LogP contribution in [0.25, 0.3) is 6.08 Å². The third-order valence-electron chi connectivity index (χ3n) is 3.50. The van der Waals surface area contributed by atoms with Gasteiger partial charge in [0.25, 0.3) is 11.1 Å². The summed E-state index contributed by atoms with van der Waals surface area (Å²) in [7, 11) is 1.60. The Morgan fingerprint density at radius 3 is 2.26 bits per heavy atom. The van der Waals surface area contributed by atoms with Crippen LogP contribution in [-0.2, 0) is 4.79 Å². The Morgan fingerprint density at radius 2 is 1.65 bits per heavy atom. The lowest BCUT2D eigenvalue weighted by molar-refractivity contribution is -0.113. The molecule has 0 radical (unpaired) electrons. The molecule has 23 heavy (non-hydrogen) atoms. The number of anilines is 1. The molecule has 4 nitrogen and oxygen atoms in total. The Hall–Kier alpha value is -2.53. The number of methoxy groups -OCH3 is 1. The number of amides is 2. The highest BCUT2D eigenvalue weighted by Gasteiger charge is 2.36. The minimum atomic E-state index is -0.292. The predicted molar refractivity (Wildman–Crippen MR) is 92.6 cm³/mol. The number of imide groups is 1. The molecule has 0 aliphatic carbocycles. The van der Waals surface area contributed by atoms with E-state index in [2.05, 4.69) is 0 Å². The fourth-order valence-corrected chi connectivity index (χ4v) is 3.08. The third kappa shape index (κ3) is 3.14. The molecular formula is C18H15NO3S. The molecule has 1 heterocycles. The molecule has 1 fully saturated rings. The van der Waals surface area contributed by atoms with Crippen LogP contribution in [0.3, 0.4) is 0 Å². The number of carbonyl (C=O) groups excluding carboxylic acids is 2. The van der Waals surface area contributed by atoms with Gasteiger partial charge < -0.3 is 4.74 Å². The van der Waals surface area contributed by atoms with E-state index < -0.39 is 0 Å². The van der Waals surface area contributed by atoms with Gasteiger partial charge >= 0.3 is 0 Å². The second-order valence-corrected chi connectivity index (χ2v) is 6.12. The Bertz CT molecular complexity index is 779. The summed E-state index contributed by atoms with van der Waals surface area (Å²) in [5.74, 6) is 0.453. The van der Waals surface area contributed by atoms with Crippen LogP contribution in [0, 0.1) is 6.92 Å². The van der Waals surface area contributed by atoms with Gasteiger partial charge in [0.2, 0.25) is 0 Å². The molecule has 1 aliphatic rings. The van der Waals surface area contributed by atoms with E-state index >= 15 is 0 Å². The largest absolute Gasteiger partial charge is 0.497 e. The molecule has 0 unspecified atom stereocenters. The third-order valence-corrected chi connectivity index (χ3v) is 4.37. The second kappa shape index (κ2) is 6.30. The van der Waals surface area contributed by atoms with Crippen molar-refractivity contribution in [2.45, 2.75) is 6.92 Å². The zero-order chi connectivity index (χ0) is 16.4. The predicted octanol–water partition coefficient (Wildman–Crippen LogP) is 4.24. The summed E-state index contributed by atoms with van der Waals surface area (Å²) in [6.07, 6.45) is 1.72. The normalized spacial score (nSPS) is 16.3. The first-order valence-electron chi connectivity index (χ1n) is 7.07. The Morgan fingerprint density at radius 1 is 1.00 bits per heavy atom. The van der Waals surface area contributed by atoms with Crippen molar-refractivity contribution < 1.29 is 14.3 Å². The maximum Gasteiger partial charge on any atom is 0.298 e. The van der Waals surface area contributed by atoms with Crippen molar-refractivity contribution in [1.29, 1.82) is 0 Å². The average Bonchev–Trinajstić information content (AvgIpc) is 2.83. The van der Waals surface area contributed by atoms with Gasteiger partial charge in [0, 0.05) is 0 Å². The van der Waals surface area contributed by atoms with E-state index in [1.54, 1.807) is 25.3 Å². The topological polar surface area (TPSA) is 46.6 Å². The number of nitrogens with zero attached hydrogens (tertiary/aromatic N) is 1. The monoisotopic (exact) mass is 325 g/mol. The summed E-state index contributed by atoms with van der Waals surface area (Å²) < 4.78 is 5.11. The number of rotatable bonds is 3. The Kier molecular flexibility index (Phi) is 4.21. The molecule has 0 saturated carbocycles. The molecule has 116 valence electrons. The summed E-state index contributed by atoms with van der Waals surface area (Å²) in [6.45, 7) is 1.96. The van der Waals surface area contributed by atoms with Crippen LogP contribution < -0.4 is 9.64 Å². The molecule has 3 rings (SSSR count). The summed E-state index contributed by atoms with van der Waals surface area (Å²) in [6, 6.07) is 14.6. The fraction of sp³-hybridized carbons (Fsp3) is 0.111. The zero-order valence-electron chi connectivity index (χ0n) is 12.8. The summed E-state index contributed by atoms with van der Waals surface area (Å²) in [5, 5.41) is -0.279. The SMILES string of the molecule is COc1ccc(C=C2SC(=O)N(c3ccc(C)cc3)C2=O)cc1. The van der Waals surface area contributed by atoms with Crippen LogP contribution in [0.1, 0.15) is 11.1 Å². The molecule has 2 aromatic carbocycles. The number of aryl methyl sites for hydroxylation is 1. The lowest BCUT2D eigenvalue weighted by Crippen LogP contribution is -2.27. The molecule has 0 N–H and O–H groups in total. The van der Waals surface area contributed by atoms with Crippen LogP contribution in [0.15, 0.2) is 53.4 Å². The quantitative estimate of drug-likeness (QED) is 0.792. The first-order valence-corrected chi connectivity index (χ1v) is 7.89. The minimum Gasteiger partial charge on any atom is -0.497 e. The molecule has 2 aromatic rings. The molecule has 0 bridgehead atoms. The lowest BCUT2D eigenvalue weighted by Gasteiger charge is -2.12. The lowest BCUT2D eigenvalue weighted by atomic mass is 10.2. The van der Waals surface area contributed by atoms with Gasteiger partial charge in [0.1, 0.15) is 5.75 Å². The van der Waals surface area contributed by atoms with Crippen LogP contribution in [0.2, 0.25) is 0 Å². The van der Waals surface area contributed by atoms with E-state index in [-0.39, 0.29) is 11.1 Å². The molecule has 0 spiro atoms. The number of ether oxygens (including phenoxy) is 1. The number of hydrogen-bond donors (Lipinski definition) is 0. The summed E-state index contributed by atoms with van der Waals surface area (Å²) in [5.41, 5.74) is 2.52. The van der Waals surface area contributed by atoms with Gasteiger partial charge in [-0.1, -0.05) is 29.8 Å². The first-order chi connectivity index (χ1) is 11.1. The summed E-state index contributed by atoms with van der Waals surface area (Å²) in [4.78, 5) is 26.3. The Labute approximate surface area is 138 Å². The smallest absolute Gasteiger partial charge is 0.298 e. The van der Waals surface area contributed by atoms with Crippen molar-refractivity contribution in [3.8, 4) is 5.75 Å². The van der Waals surface area contributed by atoms with Gasteiger partial charge in [-0.15, -0.1) is 0 Å². The maximum atomic E-state index is 12.5. The van der Waals surface area contributed by atoms with Crippen LogP contribution in [-0.4, -0.2) is 18.3 Å². The Balaban J connectivity index is 1.88. The molecular weight excluding hydrogens is 310 g/mol. The average molecular weight is 325 g/mol. The fourth-order valence-electron chi connectivity index (χ4n) is 2.24. The van der Waals surface area contributed by atoms with E-state index in [1.807, 2.05) is 43.3 Å². The number of benzene rings is 2. The van der Waals surface area contributed by atoms with Gasteiger partial charge in [-0.05, 0) is 54.6 Å².